The summed E-state index contributed by atoms with van der Waals surface area (Å²) in [5.41, 5.74) is 1.52. The van der Waals surface area contributed by atoms with E-state index >= 15 is 0 Å². The highest BCUT2D eigenvalue weighted by Gasteiger charge is 2.29. The molecule has 1 aliphatic rings. The summed E-state index contributed by atoms with van der Waals surface area (Å²) < 4.78 is 37.1. The quantitative estimate of drug-likeness (QED) is 0.425. The van der Waals surface area contributed by atoms with Crippen LogP contribution in [0.5, 0.6) is 11.5 Å². The van der Waals surface area contributed by atoms with Gasteiger partial charge in [-0.3, -0.25) is 13.9 Å². The van der Waals surface area contributed by atoms with Gasteiger partial charge < -0.3 is 19.7 Å². The molecule has 0 bridgehead atoms. The fourth-order valence-electron chi connectivity index (χ4n) is 4.32. The molecule has 9 nitrogen and oxygen atoms in total. The second-order valence-electron chi connectivity index (χ2n) is 9.39. The number of benzene rings is 2. The zero-order chi connectivity index (χ0) is 27.0. The number of nitrogens with zero attached hydrogens (tertiary/aromatic N) is 2. The van der Waals surface area contributed by atoms with Gasteiger partial charge in [0.05, 0.1) is 11.9 Å². The normalized spacial score (nSPS) is 13.3. The van der Waals surface area contributed by atoms with Gasteiger partial charge in [-0.1, -0.05) is 37.3 Å². The number of amides is 2. The number of carbonyl (C=O) groups excluding carboxylic acids is 2. The molecule has 0 saturated carbocycles. The first-order valence-electron chi connectivity index (χ1n) is 12.6. The first-order valence-corrected chi connectivity index (χ1v) is 14.5. The summed E-state index contributed by atoms with van der Waals surface area (Å²) >= 11 is 0. The van der Waals surface area contributed by atoms with Gasteiger partial charge in [0.2, 0.25) is 28.6 Å². The van der Waals surface area contributed by atoms with Crippen LogP contribution in [0.2, 0.25) is 0 Å². The maximum Gasteiger partial charge on any atom is 0.242 e. The van der Waals surface area contributed by atoms with Crippen LogP contribution in [0, 0.1) is 0 Å². The molecule has 37 heavy (non-hydrogen) atoms. The van der Waals surface area contributed by atoms with E-state index in [-0.39, 0.29) is 37.6 Å². The van der Waals surface area contributed by atoms with E-state index in [9.17, 15) is 18.0 Å². The predicted octanol–water partition coefficient (Wildman–Crippen LogP) is 3.34. The van der Waals surface area contributed by atoms with Crippen molar-refractivity contribution in [1.82, 2.24) is 10.2 Å². The van der Waals surface area contributed by atoms with Gasteiger partial charge in [0.15, 0.2) is 11.5 Å². The van der Waals surface area contributed by atoms with Crippen molar-refractivity contribution in [2.24, 2.45) is 0 Å². The first-order chi connectivity index (χ1) is 17.6. The van der Waals surface area contributed by atoms with E-state index in [0.29, 0.717) is 43.0 Å². The van der Waals surface area contributed by atoms with Gasteiger partial charge in [0.25, 0.3) is 0 Å². The number of carbonyl (C=O) groups is 2. The van der Waals surface area contributed by atoms with E-state index in [1.807, 2.05) is 51.1 Å². The zero-order valence-electron chi connectivity index (χ0n) is 22.0. The molecule has 0 aliphatic carbocycles. The number of hydrogen-bond acceptors (Lipinski definition) is 6. The number of hydrogen-bond donors (Lipinski definition) is 1. The molecule has 0 radical (unpaired) electrons. The Kier molecular flexibility index (Phi) is 9.79. The van der Waals surface area contributed by atoms with Crippen molar-refractivity contribution in [3.63, 3.8) is 0 Å². The van der Waals surface area contributed by atoms with Crippen LogP contribution >= 0.6 is 0 Å². The van der Waals surface area contributed by atoms with Gasteiger partial charge in [-0.25, -0.2) is 8.42 Å². The van der Waals surface area contributed by atoms with E-state index in [1.54, 1.807) is 23.1 Å². The Bertz CT molecular complexity index is 1170. The summed E-state index contributed by atoms with van der Waals surface area (Å²) in [6.45, 7) is 6.26. The van der Waals surface area contributed by atoms with Crippen LogP contribution in [0.25, 0.3) is 0 Å². The number of sulfonamides is 1. The first kappa shape index (κ1) is 28.3. The molecule has 0 saturated heterocycles. The van der Waals surface area contributed by atoms with Crippen molar-refractivity contribution < 1.29 is 27.5 Å². The van der Waals surface area contributed by atoms with E-state index in [1.165, 1.54) is 4.31 Å². The smallest absolute Gasteiger partial charge is 0.242 e. The minimum Gasteiger partial charge on any atom is -0.454 e. The number of anilines is 1. The molecular weight excluding hydrogens is 494 g/mol. The lowest BCUT2D eigenvalue weighted by Crippen LogP contribution is -2.51. The summed E-state index contributed by atoms with van der Waals surface area (Å²) in [5.74, 6) is 0.681. The largest absolute Gasteiger partial charge is 0.454 e. The Morgan fingerprint density at radius 2 is 1.73 bits per heavy atom. The minimum atomic E-state index is -3.60. The van der Waals surface area contributed by atoms with Gasteiger partial charge in [-0.15, -0.1) is 0 Å². The summed E-state index contributed by atoms with van der Waals surface area (Å²) in [4.78, 5) is 28.0. The van der Waals surface area contributed by atoms with E-state index in [0.717, 1.165) is 11.8 Å². The van der Waals surface area contributed by atoms with Crippen LogP contribution < -0.4 is 19.1 Å². The van der Waals surface area contributed by atoms with Crippen molar-refractivity contribution in [3.05, 3.63) is 54.1 Å². The van der Waals surface area contributed by atoms with Crippen molar-refractivity contribution in [2.45, 2.75) is 58.5 Å². The Hall–Kier alpha value is -3.27. The minimum absolute atomic E-state index is 0.0438. The molecule has 2 aromatic rings. The standard InChI is InChI=1S/C27H37N3O6S/c1-5-23(27(32)28-20(2)3)29(17-15-21-10-7-6-8-11-21)26(31)12-9-16-30(37(4,33)34)22-13-14-24-25(18-22)36-19-35-24/h6-8,10-11,13-14,18,20,23H,5,9,12,15-17,19H2,1-4H3,(H,28,32). The number of ether oxygens (including phenoxy) is 2. The van der Waals surface area contributed by atoms with Gasteiger partial charge >= 0.3 is 0 Å². The molecule has 1 aliphatic heterocycles. The summed E-state index contributed by atoms with van der Waals surface area (Å²) in [6.07, 6.45) is 2.63. The van der Waals surface area contributed by atoms with Crippen LogP contribution in [-0.4, -0.2) is 63.4 Å². The average Bonchev–Trinajstić information content (AvgIpc) is 3.31. The molecule has 3 rings (SSSR count). The van der Waals surface area contributed by atoms with Gasteiger partial charge in [-0.2, -0.15) is 0 Å². The van der Waals surface area contributed by atoms with Crippen LogP contribution in [0.15, 0.2) is 48.5 Å². The van der Waals surface area contributed by atoms with E-state index < -0.39 is 16.1 Å². The zero-order valence-corrected chi connectivity index (χ0v) is 22.8. The third-order valence-corrected chi connectivity index (χ3v) is 7.29. The molecule has 0 fully saturated rings. The number of fused-ring (bicyclic) bond motifs is 1. The monoisotopic (exact) mass is 531 g/mol. The maximum atomic E-state index is 13.4. The predicted molar refractivity (Wildman–Crippen MR) is 143 cm³/mol. The Morgan fingerprint density at radius 1 is 1.03 bits per heavy atom. The fraction of sp³-hybridized carbons (Fsp3) is 0.481. The molecule has 0 spiro atoms. The third-order valence-electron chi connectivity index (χ3n) is 6.10. The lowest BCUT2D eigenvalue weighted by Gasteiger charge is -2.31. The molecule has 1 N–H and O–H groups in total. The summed E-state index contributed by atoms with van der Waals surface area (Å²) in [7, 11) is -3.60. The SMILES string of the molecule is CCC(C(=O)NC(C)C)N(CCc1ccccc1)C(=O)CCCN(c1ccc2c(c1)OCO2)S(C)(=O)=O. The lowest BCUT2D eigenvalue weighted by molar-refractivity contribution is -0.141. The average molecular weight is 532 g/mol. The van der Waals surface area contributed by atoms with Crippen molar-refractivity contribution in [3.8, 4) is 11.5 Å². The van der Waals surface area contributed by atoms with Crippen molar-refractivity contribution in [1.29, 1.82) is 0 Å². The Balaban J connectivity index is 1.72. The Labute approximate surface area is 219 Å². The summed E-state index contributed by atoms with van der Waals surface area (Å²) in [6, 6.07) is 14.1. The van der Waals surface area contributed by atoms with Gasteiger partial charge in [-0.05, 0) is 50.8 Å². The molecular formula is C27H37N3O6S. The van der Waals surface area contributed by atoms with Gasteiger partial charge in [0.1, 0.15) is 6.04 Å². The molecule has 1 atom stereocenters. The maximum absolute atomic E-state index is 13.4. The van der Waals surface area contributed by atoms with Crippen LogP contribution in [0.1, 0.15) is 45.6 Å². The third kappa shape index (κ3) is 7.85. The molecule has 2 amide bonds. The second-order valence-corrected chi connectivity index (χ2v) is 11.3. The molecule has 0 aromatic heterocycles. The second kappa shape index (κ2) is 12.8. The molecule has 10 heteroatoms. The highest BCUT2D eigenvalue weighted by atomic mass is 32.2. The van der Waals surface area contributed by atoms with Crippen molar-refractivity contribution in [2.75, 3.05) is 30.4 Å². The van der Waals surface area contributed by atoms with Crippen molar-refractivity contribution >= 4 is 27.5 Å². The summed E-state index contributed by atoms with van der Waals surface area (Å²) in [5, 5.41) is 2.92. The highest BCUT2D eigenvalue weighted by Crippen LogP contribution is 2.36. The molecule has 1 heterocycles. The van der Waals surface area contributed by atoms with Crippen LogP contribution in [0.4, 0.5) is 5.69 Å². The molecule has 2 aromatic carbocycles. The van der Waals surface area contributed by atoms with E-state index in [2.05, 4.69) is 5.32 Å². The van der Waals surface area contributed by atoms with Crippen LogP contribution in [0.3, 0.4) is 0 Å². The number of nitrogens with one attached hydrogen (secondary N) is 1. The highest BCUT2D eigenvalue weighted by molar-refractivity contribution is 7.92. The van der Waals surface area contributed by atoms with E-state index in [4.69, 9.17) is 9.47 Å². The fourth-order valence-corrected chi connectivity index (χ4v) is 5.28. The molecule has 202 valence electrons. The lowest BCUT2D eigenvalue weighted by atomic mass is 10.1. The molecule has 1 unspecified atom stereocenters. The van der Waals surface area contributed by atoms with Crippen LogP contribution in [-0.2, 0) is 26.0 Å². The van der Waals surface area contributed by atoms with Gasteiger partial charge in [0, 0.05) is 31.6 Å². The number of rotatable bonds is 13. The topological polar surface area (TPSA) is 105 Å². The Morgan fingerprint density at radius 3 is 2.38 bits per heavy atom.